The van der Waals surface area contributed by atoms with Gasteiger partial charge in [0, 0.05) is 16.2 Å². The topological polar surface area (TPSA) is 26.3 Å². The van der Waals surface area contributed by atoms with Crippen molar-refractivity contribution in [3.8, 4) is 0 Å². The highest BCUT2D eigenvalue weighted by atomic mass is 79.9. The fourth-order valence-electron chi connectivity index (χ4n) is 1.97. The molecule has 0 radical (unpaired) electrons. The standard InChI is InChI=1S/C12H12Br2O2/c13-8-12(7-1-2-11(15)16-12)9-3-5-10(14)6-4-9/h3-6H,1-2,7-8H2/t12-/m1/s1. The molecule has 1 fully saturated rings. The Labute approximate surface area is 112 Å². The third-order valence-corrected chi connectivity index (χ3v) is 4.29. The molecule has 1 atom stereocenters. The van der Waals surface area contributed by atoms with E-state index in [9.17, 15) is 4.79 Å². The first-order valence-electron chi connectivity index (χ1n) is 5.20. The second kappa shape index (κ2) is 4.88. The molecule has 0 N–H and O–H groups in total. The molecule has 0 unspecified atom stereocenters. The van der Waals surface area contributed by atoms with Crippen molar-refractivity contribution in [3.63, 3.8) is 0 Å². The zero-order valence-corrected chi connectivity index (χ0v) is 11.9. The second-order valence-electron chi connectivity index (χ2n) is 3.96. The molecule has 1 heterocycles. The van der Waals surface area contributed by atoms with Crippen molar-refractivity contribution in [1.29, 1.82) is 0 Å². The van der Waals surface area contributed by atoms with Crippen molar-refractivity contribution in [3.05, 3.63) is 34.3 Å². The van der Waals surface area contributed by atoms with Gasteiger partial charge in [0.05, 0.1) is 0 Å². The molecule has 4 heteroatoms. The van der Waals surface area contributed by atoms with Crippen LogP contribution in [0, 0.1) is 0 Å². The van der Waals surface area contributed by atoms with E-state index in [1.165, 1.54) is 0 Å². The average molecular weight is 348 g/mol. The van der Waals surface area contributed by atoms with Gasteiger partial charge in [-0.25, -0.2) is 0 Å². The van der Waals surface area contributed by atoms with Gasteiger partial charge in [-0.3, -0.25) is 4.79 Å². The van der Waals surface area contributed by atoms with Gasteiger partial charge in [0.1, 0.15) is 5.60 Å². The molecular formula is C12H12Br2O2. The molecule has 0 amide bonds. The van der Waals surface area contributed by atoms with Crippen LogP contribution in [0.1, 0.15) is 24.8 Å². The summed E-state index contributed by atoms with van der Waals surface area (Å²) in [6.45, 7) is 0. The largest absolute Gasteiger partial charge is 0.453 e. The van der Waals surface area contributed by atoms with Crippen molar-refractivity contribution in [2.75, 3.05) is 5.33 Å². The van der Waals surface area contributed by atoms with Gasteiger partial charge in [-0.1, -0.05) is 44.0 Å². The number of halogens is 2. The van der Waals surface area contributed by atoms with E-state index in [2.05, 4.69) is 31.9 Å². The van der Waals surface area contributed by atoms with Gasteiger partial charge in [-0.05, 0) is 30.5 Å². The summed E-state index contributed by atoms with van der Waals surface area (Å²) in [6, 6.07) is 7.96. The maximum absolute atomic E-state index is 11.4. The normalized spacial score (nSPS) is 25.2. The number of ether oxygens (including phenoxy) is 1. The van der Waals surface area contributed by atoms with Gasteiger partial charge >= 0.3 is 5.97 Å². The fourth-order valence-corrected chi connectivity index (χ4v) is 2.95. The average Bonchev–Trinajstić information content (AvgIpc) is 2.29. The summed E-state index contributed by atoms with van der Waals surface area (Å²) < 4.78 is 6.58. The predicted octanol–water partition coefficient (Wildman–Crippen LogP) is 3.77. The maximum atomic E-state index is 11.4. The van der Waals surface area contributed by atoms with Crippen LogP contribution in [-0.2, 0) is 15.1 Å². The van der Waals surface area contributed by atoms with Crippen LogP contribution in [0.5, 0.6) is 0 Å². The molecule has 1 aromatic rings. The number of carbonyl (C=O) groups is 1. The number of benzene rings is 1. The molecule has 1 aliphatic rings. The molecule has 0 aliphatic carbocycles. The first-order chi connectivity index (χ1) is 7.66. The minimum absolute atomic E-state index is 0.103. The van der Waals surface area contributed by atoms with Crippen LogP contribution in [0.2, 0.25) is 0 Å². The Balaban J connectivity index is 2.33. The van der Waals surface area contributed by atoms with Gasteiger partial charge in [0.15, 0.2) is 0 Å². The monoisotopic (exact) mass is 346 g/mol. The Morgan fingerprint density at radius 2 is 2.00 bits per heavy atom. The van der Waals surface area contributed by atoms with Crippen LogP contribution in [-0.4, -0.2) is 11.3 Å². The molecule has 1 aliphatic heterocycles. The van der Waals surface area contributed by atoms with Crippen LogP contribution >= 0.6 is 31.9 Å². The van der Waals surface area contributed by atoms with E-state index in [0.717, 1.165) is 22.9 Å². The first-order valence-corrected chi connectivity index (χ1v) is 7.12. The zero-order valence-electron chi connectivity index (χ0n) is 8.71. The summed E-state index contributed by atoms with van der Waals surface area (Å²) in [5.41, 5.74) is 0.580. The number of rotatable bonds is 2. The molecule has 0 saturated carbocycles. The lowest BCUT2D eigenvalue weighted by Crippen LogP contribution is -2.37. The van der Waals surface area contributed by atoms with E-state index in [4.69, 9.17) is 4.74 Å². The molecule has 86 valence electrons. The summed E-state index contributed by atoms with van der Waals surface area (Å²) in [7, 11) is 0. The van der Waals surface area contributed by atoms with Crippen LogP contribution < -0.4 is 0 Å². The van der Waals surface area contributed by atoms with E-state index in [0.29, 0.717) is 11.8 Å². The summed E-state index contributed by atoms with van der Waals surface area (Å²) in [5.74, 6) is -0.103. The Hall–Kier alpha value is -0.350. The summed E-state index contributed by atoms with van der Waals surface area (Å²) in [6.07, 6.45) is 2.30. The number of alkyl halides is 1. The molecule has 1 saturated heterocycles. The van der Waals surface area contributed by atoms with Crippen molar-refractivity contribution in [2.24, 2.45) is 0 Å². The SMILES string of the molecule is O=C1CCC[C@@](CBr)(c2ccc(Br)cc2)O1. The molecule has 0 spiro atoms. The summed E-state index contributed by atoms with van der Waals surface area (Å²) >= 11 is 6.86. The van der Waals surface area contributed by atoms with E-state index >= 15 is 0 Å². The third-order valence-electron chi connectivity index (χ3n) is 2.86. The number of carbonyl (C=O) groups excluding carboxylic acids is 1. The molecular weight excluding hydrogens is 336 g/mol. The summed E-state index contributed by atoms with van der Waals surface area (Å²) in [4.78, 5) is 11.4. The minimum Gasteiger partial charge on any atom is -0.453 e. The van der Waals surface area contributed by atoms with Crippen LogP contribution in [0.25, 0.3) is 0 Å². The highest BCUT2D eigenvalue weighted by Gasteiger charge is 2.38. The van der Waals surface area contributed by atoms with Crippen LogP contribution in [0.4, 0.5) is 0 Å². The Bertz CT molecular complexity index is 389. The zero-order chi connectivity index (χ0) is 11.6. The molecule has 0 bridgehead atoms. The third kappa shape index (κ3) is 2.33. The van der Waals surface area contributed by atoms with Crippen molar-refractivity contribution in [1.82, 2.24) is 0 Å². The lowest BCUT2D eigenvalue weighted by molar-refractivity contribution is -0.165. The molecule has 0 aromatic heterocycles. The fraction of sp³-hybridized carbons (Fsp3) is 0.417. The lowest BCUT2D eigenvalue weighted by Gasteiger charge is -2.35. The quantitative estimate of drug-likeness (QED) is 0.601. The van der Waals surface area contributed by atoms with E-state index < -0.39 is 5.60 Å². The van der Waals surface area contributed by atoms with E-state index in [1.807, 2.05) is 24.3 Å². The Kier molecular flexibility index (Phi) is 3.70. The van der Waals surface area contributed by atoms with Gasteiger partial charge in [-0.15, -0.1) is 0 Å². The predicted molar refractivity (Wildman–Crippen MR) is 69.6 cm³/mol. The highest BCUT2D eigenvalue weighted by molar-refractivity contribution is 9.10. The van der Waals surface area contributed by atoms with Crippen molar-refractivity contribution < 1.29 is 9.53 Å². The Morgan fingerprint density at radius 3 is 2.56 bits per heavy atom. The van der Waals surface area contributed by atoms with E-state index in [1.54, 1.807) is 0 Å². The number of hydrogen-bond acceptors (Lipinski definition) is 2. The maximum Gasteiger partial charge on any atom is 0.306 e. The molecule has 2 nitrogen and oxygen atoms in total. The van der Waals surface area contributed by atoms with Gasteiger partial charge in [0.25, 0.3) is 0 Å². The number of esters is 1. The van der Waals surface area contributed by atoms with Gasteiger partial charge < -0.3 is 4.74 Å². The van der Waals surface area contributed by atoms with Gasteiger partial charge in [0.2, 0.25) is 0 Å². The van der Waals surface area contributed by atoms with Crippen molar-refractivity contribution >= 4 is 37.8 Å². The van der Waals surface area contributed by atoms with Crippen LogP contribution in [0.3, 0.4) is 0 Å². The molecule has 2 rings (SSSR count). The number of cyclic esters (lactones) is 1. The van der Waals surface area contributed by atoms with Crippen molar-refractivity contribution in [2.45, 2.75) is 24.9 Å². The first kappa shape index (κ1) is 12.1. The molecule has 16 heavy (non-hydrogen) atoms. The molecule has 1 aromatic carbocycles. The van der Waals surface area contributed by atoms with Gasteiger partial charge in [-0.2, -0.15) is 0 Å². The highest BCUT2D eigenvalue weighted by Crippen LogP contribution is 2.37. The minimum atomic E-state index is -0.476. The lowest BCUT2D eigenvalue weighted by atomic mass is 9.88. The Morgan fingerprint density at radius 1 is 1.31 bits per heavy atom. The summed E-state index contributed by atoms with van der Waals surface area (Å²) in [5, 5.41) is 0.646. The number of hydrogen-bond donors (Lipinski definition) is 0. The van der Waals surface area contributed by atoms with Crippen LogP contribution in [0.15, 0.2) is 28.7 Å². The second-order valence-corrected chi connectivity index (χ2v) is 5.44. The van der Waals surface area contributed by atoms with E-state index in [-0.39, 0.29) is 5.97 Å². The smallest absolute Gasteiger partial charge is 0.306 e.